The number of ether oxygens (including phenoxy) is 1. The fraction of sp³-hybridized carbons (Fsp3) is 0.316. The molecule has 2 aromatic rings. The molecular weight excluding hydrogens is 373 g/mol. The molecule has 0 heterocycles. The number of benzene rings is 2. The summed E-state index contributed by atoms with van der Waals surface area (Å²) in [5.41, 5.74) is 7.43. The third-order valence-corrected chi connectivity index (χ3v) is 3.68. The minimum Gasteiger partial charge on any atom is -0.492 e. The highest BCUT2D eigenvalue weighted by Gasteiger charge is 2.18. The molecule has 0 saturated heterocycles. The Morgan fingerprint density at radius 1 is 1.08 bits per heavy atom. The molecular formula is C19H27Cl2N3O2. The van der Waals surface area contributed by atoms with E-state index in [0.717, 1.165) is 23.5 Å². The molecule has 0 radical (unpaired) electrons. The van der Waals surface area contributed by atoms with Crippen LogP contribution in [-0.4, -0.2) is 44.6 Å². The van der Waals surface area contributed by atoms with Crippen LogP contribution < -0.4 is 15.8 Å². The third-order valence-electron chi connectivity index (χ3n) is 3.68. The summed E-state index contributed by atoms with van der Waals surface area (Å²) in [4.78, 5) is 14.5. The van der Waals surface area contributed by atoms with Gasteiger partial charge in [-0.25, -0.2) is 0 Å². The van der Waals surface area contributed by atoms with E-state index in [1.54, 1.807) is 0 Å². The van der Waals surface area contributed by atoms with Gasteiger partial charge in [0.2, 0.25) is 5.91 Å². The SMILES string of the molecule is CN(C)CCOc1ccc(NC(=O)C(CN)c2ccccc2)cc1.Cl.Cl. The van der Waals surface area contributed by atoms with Crippen molar-refractivity contribution in [2.75, 3.05) is 39.1 Å². The lowest BCUT2D eigenvalue weighted by molar-refractivity contribution is -0.117. The number of likely N-dealkylation sites (N-methyl/N-ethyl adjacent to an activating group) is 1. The molecule has 0 spiro atoms. The highest BCUT2D eigenvalue weighted by molar-refractivity contribution is 5.96. The lowest BCUT2D eigenvalue weighted by Gasteiger charge is -2.16. The zero-order valence-corrected chi connectivity index (χ0v) is 16.7. The Bertz CT molecular complexity index is 637. The minimum absolute atomic E-state index is 0. The second kappa shape index (κ2) is 12.5. The van der Waals surface area contributed by atoms with Gasteiger partial charge in [0.25, 0.3) is 0 Å². The molecule has 0 bridgehead atoms. The Kier molecular flexibility index (Phi) is 11.7. The van der Waals surface area contributed by atoms with Crippen LogP contribution in [0, 0.1) is 0 Å². The van der Waals surface area contributed by atoms with Gasteiger partial charge in [-0.05, 0) is 43.9 Å². The van der Waals surface area contributed by atoms with E-state index in [9.17, 15) is 4.79 Å². The largest absolute Gasteiger partial charge is 0.492 e. The van der Waals surface area contributed by atoms with E-state index in [-0.39, 0.29) is 43.2 Å². The fourth-order valence-corrected chi connectivity index (χ4v) is 2.29. The maximum Gasteiger partial charge on any atom is 0.233 e. The van der Waals surface area contributed by atoms with Crippen LogP contribution in [0.25, 0.3) is 0 Å². The van der Waals surface area contributed by atoms with Gasteiger partial charge in [0, 0.05) is 18.8 Å². The Balaban J connectivity index is 0.00000312. The van der Waals surface area contributed by atoms with Crippen molar-refractivity contribution in [2.45, 2.75) is 5.92 Å². The molecule has 0 aliphatic heterocycles. The Labute approximate surface area is 167 Å². The van der Waals surface area contributed by atoms with Crippen molar-refractivity contribution in [3.05, 3.63) is 60.2 Å². The molecule has 0 fully saturated rings. The third kappa shape index (κ3) is 7.62. The van der Waals surface area contributed by atoms with Gasteiger partial charge in [0.05, 0.1) is 5.92 Å². The lowest BCUT2D eigenvalue weighted by Crippen LogP contribution is -2.27. The number of hydrogen-bond donors (Lipinski definition) is 2. The first-order chi connectivity index (χ1) is 11.6. The normalized spacial score (nSPS) is 11.1. The summed E-state index contributed by atoms with van der Waals surface area (Å²) in [6, 6.07) is 16.9. The first kappa shape index (κ1) is 24.2. The topological polar surface area (TPSA) is 67.6 Å². The number of nitrogens with two attached hydrogens (primary N) is 1. The summed E-state index contributed by atoms with van der Waals surface area (Å²) < 4.78 is 5.64. The van der Waals surface area contributed by atoms with Crippen LogP contribution in [0.5, 0.6) is 5.75 Å². The molecule has 7 heteroatoms. The van der Waals surface area contributed by atoms with Gasteiger partial charge >= 0.3 is 0 Å². The highest BCUT2D eigenvalue weighted by Crippen LogP contribution is 2.19. The predicted molar refractivity (Wildman–Crippen MR) is 112 cm³/mol. The summed E-state index contributed by atoms with van der Waals surface area (Å²) in [5, 5.41) is 2.91. The molecule has 1 amide bonds. The van der Waals surface area contributed by atoms with Crippen molar-refractivity contribution in [3.8, 4) is 5.75 Å². The molecule has 3 N–H and O–H groups in total. The van der Waals surface area contributed by atoms with Crippen molar-refractivity contribution < 1.29 is 9.53 Å². The maximum atomic E-state index is 12.4. The van der Waals surface area contributed by atoms with E-state index in [1.807, 2.05) is 68.7 Å². The monoisotopic (exact) mass is 399 g/mol. The van der Waals surface area contributed by atoms with Crippen LogP contribution in [0.15, 0.2) is 54.6 Å². The fourth-order valence-electron chi connectivity index (χ4n) is 2.29. The molecule has 1 unspecified atom stereocenters. The Morgan fingerprint density at radius 3 is 2.23 bits per heavy atom. The van der Waals surface area contributed by atoms with Gasteiger partial charge in [-0.1, -0.05) is 30.3 Å². The van der Waals surface area contributed by atoms with E-state index in [1.165, 1.54) is 0 Å². The standard InChI is InChI=1S/C19H25N3O2.2ClH/c1-22(2)12-13-24-17-10-8-16(9-11-17)21-19(23)18(14-20)15-6-4-3-5-7-15;;/h3-11,18H,12-14,20H2,1-2H3,(H,21,23);2*1H. The zero-order chi connectivity index (χ0) is 17.4. The smallest absolute Gasteiger partial charge is 0.233 e. The number of halogens is 2. The summed E-state index contributed by atoms with van der Waals surface area (Å²) in [7, 11) is 4.01. The highest BCUT2D eigenvalue weighted by atomic mass is 35.5. The van der Waals surface area contributed by atoms with Crippen molar-refractivity contribution in [2.24, 2.45) is 5.73 Å². The average molecular weight is 400 g/mol. The van der Waals surface area contributed by atoms with Gasteiger partial charge in [-0.15, -0.1) is 24.8 Å². The molecule has 26 heavy (non-hydrogen) atoms. The van der Waals surface area contributed by atoms with E-state index in [0.29, 0.717) is 6.61 Å². The molecule has 144 valence electrons. The van der Waals surface area contributed by atoms with E-state index in [4.69, 9.17) is 10.5 Å². The van der Waals surface area contributed by atoms with E-state index < -0.39 is 0 Å². The van der Waals surface area contributed by atoms with Crippen molar-refractivity contribution >= 4 is 36.4 Å². The van der Waals surface area contributed by atoms with Gasteiger partial charge in [-0.2, -0.15) is 0 Å². The van der Waals surface area contributed by atoms with Crippen LogP contribution in [0.2, 0.25) is 0 Å². The van der Waals surface area contributed by atoms with Crippen LogP contribution in [0.1, 0.15) is 11.5 Å². The van der Waals surface area contributed by atoms with Gasteiger partial charge in [-0.3, -0.25) is 4.79 Å². The number of amides is 1. The van der Waals surface area contributed by atoms with Gasteiger partial charge in [0.15, 0.2) is 0 Å². The molecule has 0 saturated carbocycles. The van der Waals surface area contributed by atoms with Crippen molar-refractivity contribution in [3.63, 3.8) is 0 Å². The average Bonchev–Trinajstić information content (AvgIpc) is 2.58. The number of nitrogens with one attached hydrogen (secondary N) is 1. The molecule has 0 aliphatic rings. The van der Waals surface area contributed by atoms with Gasteiger partial charge in [0.1, 0.15) is 12.4 Å². The molecule has 2 aromatic carbocycles. The summed E-state index contributed by atoms with van der Waals surface area (Å²) in [5.74, 6) is 0.320. The summed E-state index contributed by atoms with van der Waals surface area (Å²) in [6.07, 6.45) is 0. The molecule has 0 aromatic heterocycles. The Hall–Kier alpha value is -1.79. The lowest BCUT2D eigenvalue weighted by atomic mass is 9.98. The Morgan fingerprint density at radius 2 is 1.69 bits per heavy atom. The molecule has 1 atom stereocenters. The number of hydrogen-bond acceptors (Lipinski definition) is 4. The van der Waals surface area contributed by atoms with Gasteiger partial charge < -0.3 is 20.7 Å². The van der Waals surface area contributed by atoms with E-state index in [2.05, 4.69) is 10.2 Å². The summed E-state index contributed by atoms with van der Waals surface area (Å²) in [6.45, 7) is 1.75. The number of carbonyl (C=O) groups excluding carboxylic acids is 1. The van der Waals surface area contributed by atoms with Crippen LogP contribution in [-0.2, 0) is 4.79 Å². The van der Waals surface area contributed by atoms with Crippen LogP contribution in [0.4, 0.5) is 5.69 Å². The van der Waals surface area contributed by atoms with Crippen LogP contribution in [0.3, 0.4) is 0 Å². The number of rotatable bonds is 8. The molecule has 0 aliphatic carbocycles. The predicted octanol–water partition coefficient (Wildman–Crippen LogP) is 3.15. The number of nitrogens with zero attached hydrogens (tertiary/aromatic N) is 1. The number of anilines is 1. The van der Waals surface area contributed by atoms with E-state index >= 15 is 0 Å². The van der Waals surface area contributed by atoms with Crippen molar-refractivity contribution in [1.82, 2.24) is 4.90 Å². The maximum absolute atomic E-state index is 12.4. The quantitative estimate of drug-likeness (QED) is 0.715. The van der Waals surface area contributed by atoms with Crippen molar-refractivity contribution in [1.29, 1.82) is 0 Å². The molecule has 2 rings (SSSR count). The minimum atomic E-state index is -0.359. The zero-order valence-electron chi connectivity index (χ0n) is 15.1. The van der Waals surface area contributed by atoms with Crippen LogP contribution >= 0.6 is 24.8 Å². The number of carbonyl (C=O) groups is 1. The first-order valence-electron chi connectivity index (χ1n) is 8.03. The first-order valence-corrected chi connectivity index (χ1v) is 8.03. The summed E-state index contributed by atoms with van der Waals surface area (Å²) >= 11 is 0. The second-order valence-corrected chi connectivity index (χ2v) is 5.86. The molecule has 5 nitrogen and oxygen atoms in total. The second-order valence-electron chi connectivity index (χ2n) is 5.86.